The van der Waals surface area contributed by atoms with Gasteiger partial charge in [0.25, 0.3) is 0 Å². The second-order valence-corrected chi connectivity index (χ2v) is 7.57. The number of aromatic nitrogens is 2. The molecule has 0 radical (unpaired) electrons. The Morgan fingerprint density at radius 2 is 1.82 bits per heavy atom. The minimum Gasteiger partial charge on any atom is -0.369 e. The van der Waals surface area contributed by atoms with E-state index in [1.54, 1.807) is 0 Å². The summed E-state index contributed by atoms with van der Waals surface area (Å²) < 4.78 is 2.33. The van der Waals surface area contributed by atoms with Crippen molar-refractivity contribution in [1.29, 1.82) is 0 Å². The minimum absolute atomic E-state index is 0.906. The van der Waals surface area contributed by atoms with E-state index in [4.69, 9.17) is 4.98 Å². The predicted molar refractivity (Wildman–Crippen MR) is 118 cm³/mol. The molecule has 1 aliphatic heterocycles. The van der Waals surface area contributed by atoms with Crippen LogP contribution in [0.1, 0.15) is 12.5 Å². The van der Waals surface area contributed by atoms with Gasteiger partial charge in [-0.3, -0.25) is 0 Å². The van der Waals surface area contributed by atoms with Crippen LogP contribution in [0.4, 0.5) is 5.69 Å². The normalized spacial score (nSPS) is 14.9. The molecular formula is C24H26N4. The third-order valence-corrected chi connectivity index (χ3v) is 5.87. The van der Waals surface area contributed by atoms with Gasteiger partial charge in [-0.1, -0.05) is 30.3 Å². The SMILES string of the molecule is CCn1c(-c2ccc(N3CCNCC3)c(C)c2)nc2c3ccccc3ccc21. The molecule has 28 heavy (non-hydrogen) atoms. The Balaban J connectivity index is 1.64. The molecule has 3 aromatic carbocycles. The van der Waals surface area contributed by atoms with Gasteiger partial charge in [0.15, 0.2) is 0 Å². The molecule has 4 aromatic rings. The van der Waals surface area contributed by atoms with Gasteiger partial charge in [-0.15, -0.1) is 0 Å². The maximum Gasteiger partial charge on any atom is 0.141 e. The van der Waals surface area contributed by atoms with Crippen LogP contribution in [0.5, 0.6) is 0 Å². The smallest absolute Gasteiger partial charge is 0.141 e. The average molecular weight is 371 g/mol. The largest absolute Gasteiger partial charge is 0.369 e. The molecule has 1 aromatic heterocycles. The van der Waals surface area contributed by atoms with E-state index >= 15 is 0 Å². The van der Waals surface area contributed by atoms with Gasteiger partial charge >= 0.3 is 0 Å². The van der Waals surface area contributed by atoms with Gasteiger partial charge in [-0.05, 0) is 49.1 Å². The van der Waals surface area contributed by atoms with E-state index in [0.717, 1.165) is 44.1 Å². The van der Waals surface area contributed by atoms with Crippen molar-refractivity contribution < 1.29 is 0 Å². The summed E-state index contributed by atoms with van der Waals surface area (Å²) in [6.45, 7) is 9.57. The number of benzene rings is 3. The molecule has 2 heterocycles. The highest BCUT2D eigenvalue weighted by Crippen LogP contribution is 2.32. The summed E-state index contributed by atoms with van der Waals surface area (Å²) >= 11 is 0. The van der Waals surface area contributed by atoms with E-state index in [-0.39, 0.29) is 0 Å². The third-order valence-electron chi connectivity index (χ3n) is 5.87. The molecule has 1 aliphatic rings. The first kappa shape index (κ1) is 17.3. The molecule has 0 unspecified atom stereocenters. The Labute approximate surface area is 165 Å². The van der Waals surface area contributed by atoms with E-state index in [1.807, 2.05) is 0 Å². The molecule has 0 amide bonds. The lowest BCUT2D eigenvalue weighted by Gasteiger charge is -2.30. The molecule has 5 rings (SSSR count). The summed E-state index contributed by atoms with van der Waals surface area (Å²) in [6, 6.07) is 19.7. The zero-order chi connectivity index (χ0) is 19.1. The van der Waals surface area contributed by atoms with Crippen molar-refractivity contribution in [2.75, 3.05) is 31.1 Å². The maximum absolute atomic E-state index is 5.10. The third kappa shape index (κ3) is 2.76. The van der Waals surface area contributed by atoms with Gasteiger partial charge in [0.1, 0.15) is 5.82 Å². The number of fused-ring (bicyclic) bond motifs is 3. The lowest BCUT2D eigenvalue weighted by atomic mass is 10.1. The van der Waals surface area contributed by atoms with Crippen molar-refractivity contribution in [1.82, 2.24) is 14.9 Å². The molecule has 0 aliphatic carbocycles. The Kier molecular flexibility index (Phi) is 4.29. The Bertz CT molecular complexity index is 1150. The fraction of sp³-hybridized carbons (Fsp3) is 0.292. The molecule has 4 heteroatoms. The molecule has 1 saturated heterocycles. The molecule has 0 atom stereocenters. The number of piperazine rings is 1. The number of nitrogens with zero attached hydrogens (tertiary/aromatic N) is 3. The van der Waals surface area contributed by atoms with Crippen LogP contribution in [0.3, 0.4) is 0 Å². The monoisotopic (exact) mass is 370 g/mol. The molecular weight excluding hydrogens is 344 g/mol. The molecule has 0 bridgehead atoms. The summed E-state index contributed by atoms with van der Waals surface area (Å²) in [5.41, 5.74) is 6.16. The number of hydrogen-bond acceptors (Lipinski definition) is 3. The predicted octanol–water partition coefficient (Wildman–Crippen LogP) is 4.59. The van der Waals surface area contributed by atoms with Crippen molar-refractivity contribution in [2.24, 2.45) is 0 Å². The minimum atomic E-state index is 0.906. The van der Waals surface area contributed by atoms with Crippen LogP contribution in [-0.4, -0.2) is 35.7 Å². The van der Waals surface area contributed by atoms with E-state index in [1.165, 1.54) is 33.1 Å². The van der Waals surface area contributed by atoms with Gasteiger partial charge < -0.3 is 14.8 Å². The highest BCUT2D eigenvalue weighted by molar-refractivity contribution is 6.05. The molecule has 0 saturated carbocycles. The first-order valence-electron chi connectivity index (χ1n) is 10.2. The first-order valence-corrected chi connectivity index (χ1v) is 10.2. The van der Waals surface area contributed by atoms with Crippen LogP contribution < -0.4 is 10.2 Å². The van der Waals surface area contributed by atoms with E-state index < -0.39 is 0 Å². The second kappa shape index (κ2) is 6.95. The van der Waals surface area contributed by atoms with Crippen molar-refractivity contribution >= 4 is 27.5 Å². The van der Waals surface area contributed by atoms with Gasteiger partial charge in [0.2, 0.25) is 0 Å². The summed E-state index contributed by atoms with van der Waals surface area (Å²) in [5, 5.41) is 5.90. The van der Waals surface area contributed by atoms with E-state index in [0.29, 0.717) is 0 Å². The maximum atomic E-state index is 5.10. The zero-order valence-electron chi connectivity index (χ0n) is 16.6. The fourth-order valence-corrected chi connectivity index (χ4v) is 4.45. The van der Waals surface area contributed by atoms with Gasteiger partial charge in [-0.2, -0.15) is 0 Å². The number of imidazole rings is 1. The molecule has 0 spiro atoms. The number of aryl methyl sites for hydroxylation is 2. The Morgan fingerprint density at radius 3 is 2.61 bits per heavy atom. The molecule has 1 fully saturated rings. The Hall–Kier alpha value is -2.85. The quantitative estimate of drug-likeness (QED) is 0.572. The van der Waals surface area contributed by atoms with Gasteiger partial charge in [0.05, 0.1) is 11.0 Å². The number of anilines is 1. The van der Waals surface area contributed by atoms with Crippen LogP contribution in [0.15, 0.2) is 54.6 Å². The van der Waals surface area contributed by atoms with Crippen LogP contribution >= 0.6 is 0 Å². The highest BCUT2D eigenvalue weighted by atomic mass is 15.2. The van der Waals surface area contributed by atoms with Crippen LogP contribution in [0, 0.1) is 6.92 Å². The number of rotatable bonds is 3. The van der Waals surface area contributed by atoms with Gasteiger partial charge in [-0.25, -0.2) is 4.98 Å². The topological polar surface area (TPSA) is 33.1 Å². The lowest BCUT2D eigenvalue weighted by Crippen LogP contribution is -2.43. The van der Waals surface area contributed by atoms with Crippen molar-refractivity contribution in [3.05, 3.63) is 60.2 Å². The zero-order valence-corrected chi connectivity index (χ0v) is 16.6. The van der Waals surface area contributed by atoms with Crippen LogP contribution in [0.2, 0.25) is 0 Å². The fourth-order valence-electron chi connectivity index (χ4n) is 4.45. The summed E-state index contributed by atoms with van der Waals surface area (Å²) in [5.74, 6) is 1.06. The average Bonchev–Trinajstić information content (AvgIpc) is 3.13. The summed E-state index contributed by atoms with van der Waals surface area (Å²) in [6.07, 6.45) is 0. The molecule has 142 valence electrons. The van der Waals surface area contributed by atoms with Crippen LogP contribution in [-0.2, 0) is 6.54 Å². The lowest BCUT2D eigenvalue weighted by molar-refractivity contribution is 0.588. The summed E-state index contributed by atoms with van der Waals surface area (Å²) in [4.78, 5) is 7.58. The van der Waals surface area contributed by atoms with E-state index in [2.05, 4.69) is 83.2 Å². The van der Waals surface area contributed by atoms with Crippen molar-refractivity contribution in [3.8, 4) is 11.4 Å². The van der Waals surface area contributed by atoms with Crippen molar-refractivity contribution in [3.63, 3.8) is 0 Å². The number of hydrogen-bond donors (Lipinski definition) is 1. The van der Waals surface area contributed by atoms with Crippen molar-refractivity contribution in [2.45, 2.75) is 20.4 Å². The second-order valence-electron chi connectivity index (χ2n) is 7.57. The molecule has 1 N–H and O–H groups in total. The summed E-state index contributed by atoms with van der Waals surface area (Å²) in [7, 11) is 0. The van der Waals surface area contributed by atoms with Crippen LogP contribution in [0.25, 0.3) is 33.2 Å². The highest BCUT2D eigenvalue weighted by Gasteiger charge is 2.17. The van der Waals surface area contributed by atoms with Gasteiger partial charge in [0, 0.05) is 49.4 Å². The number of nitrogens with one attached hydrogen (secondary N) is 1. The Morgan fingerprint density at radius 1 is 1.00 bits per heavy atom. The molecule has 4 nitrogen and oxygen atoms in total. The van der Waals surface area contributed by atoms with E-state index in [9.17, 15) is 0 Å². The first-order chi connectivity index (χ1) is 13.8. The standard InChI is InChI=1S/C24H26N4/c1-3-28-22-11-8-18-6-4-5-7-20(18)23(22)26-24(28)19-9-10-21(17(2)16-19)27-14-12-25-13-15-27/h4-11,16,25H,3,12-15H2,1-2H3.